The predicted octanol–water partition coefficient (Wildman–Crippen LogP) is 3.21. The molecule has 0 unspecified atom stereocenters. The van der Waals surface area contributed by atoms with Crippen molar-refractivity contribution in [2.24, 2.45) is 0 Å². The molecule has 100 valence electrons. The molecule has 2 rings (SSSR count). The summed E-state index contributed by atoms with van der Waals surface area (Å²) >= 11 is 9.28. The molecule has 4 nitrogen and oxygen atoms in total. The van der Waals surface area contributed by atoms with E-state index in [0.29, 0.717) is 24.1 Å². The van der Waals surface area contributed by atoms with Gasteiger partial charge in [-0.2, -0.15) is 0 Å². The summed E-state index contributed by atoms with van der Waals surface area (Å²) in [5.41, 5.74) is 0. The zero-order chi connectivity index (χ0) is 13.7. The lowest BCUT2D eigenvalue weighted by Gasteiger charge is -2.06. The first-order valence-corrected chi connectivity index (χ1v) is 7.76. The van der Waals surface area contributed by atoms with Gasteiger partial charge in [0, 0.05) is 15.8 Å². The summed E-state index contributed by atoms with van der Waals surface area (Å²) in [6.07, 6.45) is 1.52. The van der Waals surface area contributed by atoms with Gasteiger partial charge in [-0.1, -0.05) is 11.6 Å². The molecule has 0 aliphatic rings. The Morgan fingerprint density at radius 3 is 2.95 bits per heavy atom. The van der Waals surface area contributed by atoms with E-state index in [9.17, 15) is 4.79 Å². The van der Waals surface area contributed by atoms with Gasteiger partial charge in [-0.3, -0.25) is 4.79 Å². The second kappa shape index (κ2) is 7.06. The Labute approximate surface area is 133 Å². The average Bonchev–Trinajstić information content (AvgIpc) is 2.83. The fourth-order valence-corrected chi connectivity index (χ4v) is 3.17. The number of hydrogen-bond donors (Lipinski definition) is 1. The van der Waals surface area contributed by atoms with Crippen LogP contribution in [0.5, 0.6) is 5.88 Å². The first-order chi connectivity index (χ1) is 9.16. The van der Waals surface area contributed by atoms with Gasteiger partial charge in [0.25, 0.3) is 5.91 Å². The molecule has 2 aromatic heterocycles. The second-order valence-electron chi connectivity index (χ2n) is 3.52. The fraction of sp³-hybridized carbons (Fsp3) is 0.167. The molecule has 2 aromatic rings. The number of pyridine rings is 1. The maximum atomic E-state index is 11.8. The van der Waals surface area contributed by atoms with Crippen LogP contribution in [0.3, 0.4) is 0 Å². The number of aromatic nitrogens is 1. The smallest absolute Gasteiger partial charge is 0.262 e. The molecule has 0 aliphatic carbocycles. The topological polar surface area (TPSA) is 51.2 Å². The molecule has 2 heterocycles. The van der Waals surface area contributed by atoms with E-state index in [1.165, 1.54) is 17.5 Å². The Morgan fingerprint density at radius 1 is 1.47 bits per heavy atom. The van der Waals surface area contributed by atoms with E-state index in [-0.39, 0.29) is 5.91 Å². The Morgan fingerprint density at radius 2 is 2.32 bits per heavy atom. The second-order valence-corrected chi connectivity index (χ2v) is 6.03. The van der Waals surface area contributed by atoms with Gasteiger partial charge in [-0.15, -0.1) is 11.3 Å². The number of thiophene rings is 1. The SMILES string of the molecule is O=C(NCCOc1ccc(Cl)cn1)c1sccc1I. The minimum absolute atomic E-state index is 0.0768. The van der Waals surface area contributed by atoms with Crippen molar-refractivity contribution < 1.29 is 9.53 Å². The summed E-state index contributed by atoms with van der Waals surface area (Å²) in [7, 11) is 0. The van der Waals surface area contributed by atoms with Crippen LogP contribution in [-0.2, 0) is 0 Å². The quantitative estimate of drug-likeness (QED) is 0.610. The number of rotatable bonds is 5. The molecule has 0 saturated heterocycles. The van der Waals surface area contributed by atoms with E-state index >= 15 is 0 Å². The van der Waals surface area contributed by atoms with Crippen LogP contribution < -0.4 is 10.1 Å². The molecule has 0 aliphatic heterocycles. The molecule has 0 bridgehead atoms. The lowest BCUT2D eigenvalue weighted by molar-refractivity contribution is 0.0950. The van der Waals surface area contributed by atoms with Gasteiger partial charge in [-0.05, 0) is 40.1 Å². The van der Waals surface area contributed by atoms with Crippen molar-refractivity contribution in [2.75, 3.05) is 13.2 Å². The first kappa shape index (κ1) is 14.5. The van der Waals surface area contributed by atoms with Gasteiger partial charge in [0.2, 0.25) is 5.88 Å². The highest BCUT2D eigenvalue weighted by atomic mass is 127. The summed E-state index contributed by atoms with van der Waals surface area (Å²) < 4.78 is 6.33. The first-order valence-electron chi connectivity index (χ1n) is 5.42. The summed E-state index contributed by atoms with van der Waals surface area (Å²) in [5, 5.41) is 5.25. The lowest BCUT2D eigenvalue weighted by atomic mass is 10.4. The number of ether oxygens (including phenoxy) is 1. The Bertz CT molecular complexity index is 559. The monoisotopic (exact) mass is 408 g/mol. The standard InChI is InChI=1S/C12H10ClIN2O2S/c13-8-1-2-10(16-7-8)18-5-4-15-12(17)11-9(14)3-6-19-11/h1-3,6-7H,4-5H2,(H,15,17). The lowest BCUT2D eigenvalue weighted by Crippen LogP contribution is -2.28. The van der Waals surface area contributed by atoms with Crippen LogP contribution in [0.1, 0.15) is 9.67 Å². The van der Waals surface area contributed by atoms with E-state index < -0.39 is 0 Å². The van der Waals surface area contributed by atoms with E-state index in [1.54, 1.807) is 12.1 Å². The fourth-order valence-electron chi connectivity index (χ4n) is 1.30. The van der Waals surface area contributed by atoms with Gasteiger partial charge < -0.3 is 10.1 Å². The maximum absolute atomic E-state index is 11.8. The number of halogens is 2. The maximum Gasteiger partial charge on any atom is 0.262 e. The Kier molecular flexibility index (Phi) is 5.41. The van der Waals surface area contributed by atoms with Crippen molar-refractivity contribution in [3.63, 3.8) is 0 Å². The normalized spacial score (nSPS) is 10.2. The van der Waals surface area contributed by atoms with Crippen LogP contribution >= 0.6 is 45.5 Å². The van der Waals surface area contributed by atoms with Crippen molar-refractivity contribution in [3.8, 4) is 5.88 Å². The minimum Gasteiger partial charge on any atom is -0.476 e. The zero-order valence-electron chi connectivity index (χ0n) is 9.73. The molecule has 0 spiro atoms. The van der Waals surface area contributed by atoms with Gasteiger partial charge in [0.1, 0.15) is 11.5 Å². The molecule has 0 saturated carbocycles. The summed E-state index contributed by atoms with van der Waals surface area (Å²) in [6.45, 7) is 0.791. The largest absolute Gasteiger partial charge is 0.476 e. The number of amides is 1. The van der Waals surface area contributed by atoms with Crippen LogP contribution in [0.4, 0.5) is 0 Å². The molecule has 1 amide bonds. The predicted molar refractivity (Wildman–Crippen MR) is 84.1 cm³/mol. The molecule has 0 aromatic carbocycles. The van der Waals surface area contributed by atoms with E-state index in [2.05, 4.69) is 32.9 Å². The minimum atomic E-state index is -0.0768. The number of carbonyl (C=O) groups is 1. The summed E-state index contributed by atoms with van der Waals surface area (Å²) in [6, 6.07) is 5.30. The third kappa shape index (κ3) is 4.32. The van der Waals surface area contributed by atoms with Gasteiger partial charge >= 0.3 is 0 Å². The van der Waals surface area contributed by atoms with Crippen molar-refractivity contribution >= 4 is 51.4 Å². The number of carbonyl (C=O) groups excluding carboxylic acids is 1. The molecule has 7 heteroatoms. The third-order valence-electron chi connectivity index (χ3n) is 2.16. The molecular formula is C12H10ClIN2O2S. The van der Waals surface area contributed by atoms with Crippen molar-refractivity contribution in [3.05, 3.63) is 43.2 Å². The third-order valence-corrected chi connectivity index (χ3v) is 4.56. The number of nitrogens with zero attached hydrogens (tertiary/aromatic N) is 1. The summed E-state index contributed by atoms with van der Waals surface area (Å²) in [4.78, 5) is 16.5. The highest BCUT2D eigenvalue weighted by Gasteiger charge is 2.10. The van der Waals surface area contributed by atoms with Crippen LogP contribution in [-0.4, -0.2) is 24.0 Å². The number of hydrogen-bond acceptors (Lipinski definition) is 4. The van der Waals surface area contributed by atoms with Crippen LogP contribution in [0.15, 0.2) is 29.8 Å². The Balaban J connectivity index is 1.74. The average molecular weight is 409 g/mol. The van der Waals surface area contributed by atoms with Crippen LogP contribution in [0.2, 0.25) is 5.02 Å². The number of nitrogens with one attached hydrogen (secondary N) is 1. The van der Waals surface area contributed by atoms with Crippen molar-refractivity contribution in [2.45, 2.75) is 0 Å². The molecule has 19 heavy (non-hydrogen) atoms. The molecule has 0 atom stereocenters. The van der Waals surface area contributed by atoms with Crippen LogP contribution in [0, 0.1) is 3.57 Å². The van der Waals surface area contributed by atoms with Crippen molar-refractivity contribution in [1.29, 1.82) is 0 Å². The van der Waals surface area contributed by atoms with E-state index in [1.807, 2.05) is 11.4 Å². The molecule has 0 fully saturated rings. The van der Waals surface area contributed by atoms with Gasteiger partial charge in [0.05, 0.1) is 11.6 Å². The Hall–Kier alpha value is -0.860. The highest BCUT2D eigenvalue weighted by Crippen LogP contribution is 2.18. The van der Waals surface area contributed by atoms with E-state index in [0.717, 1.165) is 8.45 Å². The molecular weight excluding hydrogens is 399 g/mol. The zero-order valence-corrected chi connectivity index (χ0v) is 13.5. The molecule has 0 radical (unpaired) electrons. The van der Waals surface area contributed by atoms with Crippen LogP contribution in [0.25, 0.3) is 0 Å². The van der Waals surface area contributed by atoms with Crippen molar-refractivity contribution in [1.82, 2.24) is 10.3 Å². The summed E-state index contributed by atoms with van der Waals surface area (Å²) in [5.74, 6) is 0.413. The van der Waals surface area contributed by atoms with Gasteiger partial charge in [0.15, 0.2) is 0 Å². The van der Waals surface area contributed by atoms with Gasteiger partial charge in [-0.25, -0.2) is 4.98 Å². The molecule has 1 N–H and O–H groups in total. The van der Waals surface area contributed by atoms with E-state index in [4.69, 9.17) is 16.3 Å². The highest BCUT2D eigenvalue weighted by molar-refractivity contribution is 14.1.